The second-order valence-corrected chi connectivity index (χ2v) is 16.7. The Morgan fingerprint density at radius 2 is 0.750 bits per heavy atom. The van der Waals surface area contributed by atoms with Gasteiger partial charge in [-0.2, -0.15) is 0 Å². The van der Waals surface area contributed by atoms with Crippen LogP contribution in [0.25, 0.3) is 0 Å². The smallest absolute Gasteiger partial charge is 0.306 e. The van der Waals surface area contributed by atoms with E-state index in [-0.39, 0.29) is 18.5 Å². The fourth-order valence-electron chi connectivity index (χ4n) is 7.25. The maximum Gasteiger partial charge on any atom is 0.306 e. The van der Waals surface area contributed by atoms with Gasteiger partial charge in [0.05, 0.1) is 6.61 Å². The summed E-state index contributed by atoms with van der Waals surface area (Å²) in [7, 11) is 0. The second kappa shape index (κ2) is 47.8. The topological polar surface area (TPSA) is 61.8 Å². The summed E-state index contributed by atoms with van der Waals surface area (Å²) < 4.78 is 17.3. The zero-order valence-corrected chi connectivity index (χ0v) is 37.9. The highest BCUT2D eigenvalue weighted by molar-refractivity contribution is 5.70. The third kappa shape index (κ3) is 45.1. The molecule has 1 unspecified atom stereocenters. The van der Waals surface area contributed by atoms with Gasteiger partial charge in [-0.3, -0.25) is 9.59 Å². The van der Waals surface area contributed by atoms with E-state index in [1.807, 2.05) is 0 Å². The van der Waals surface area contributed by atoms with Crippen molar-refractivity contribution < 1.29 is 23.8 Å². The standard InChI is InChI=1S/C51H96O5/c1-4-7-10-13-16-19-22-24-26-28-30-32-35-38-41-44-50(52)55-48-49(47-54-46-43-40-37-34-21-18-15-12-9-6-3)56-51(53)45-42-39-36-33-31-29-27-25-23-20-17-14-11-8-5-2/h16,19,24,26,49H,4-15,17-18,20-23,25,27-48H2,1-3H3/b19-16-,26-24-. The maximum atomic E-state index is 12.8. The van der Waals surface area contributed by atoms with Gasteiger partial charge < -0.3 is 14.2 Å². The van der Waals surface area contributed by atoms with E-state index in [2.05, 4.69) is 45.1 Å². The number of hydrogen-bond donors (Lipinski definition) is 0. The van der Waals surface area contributed by atoms with Gasteiger partial charge in [-0.15, -0.1) is 0 Å². The molecule has 0 bridgehead atoms. The Morgan fingerprint density at radius 1 is 0.393 bits per heavy atom. The second-order valence-electron chi connectivity index (χ2n) is 16.7. The molecule has 0 saturated carbocycles. The molecule has 0 heterocycles. The van der Waals surface area contributed by atoms with Crippen LogP contribution in [0.5, 0.6) is 0 Å². The van der Waals surface area contributed by atoms with Gasteiger partial charge in [-0.1, -0.05) is 225 Å². The van der Waals surface area contributed by atoms with Gasteiger partial charge in [0.25, 0.3) is 0 Å². The Labute approximate surface area is 349 Å². The van der Waals surface area contributed by atoms with Gasteiger partial charge in [-0.25, -0.2) is 0 Å². The van der Waals surface area contributed by atoms with Crippen LogP contribution in [0.3, 0.4) is 0 Å². The van der Waals surface area contributed by atoms with E-state index in [9.17, 15) is 9.59 Å². The lowest BCUT2D eigenvalue weighted by atomic mass is 10.0. The fourth-order valence-corrected chi connectivity index (χ4v) is 7.25. The first-order valence-electron chi connectivity index (χ1n) is 24.9. The van der Waals surface area contributed by atoms with Crippen molar-refractivity contribution in [3.8, 4) is 0 Å². The average Bonchev–Trinajstić information content (AvgIpc) is 3.20. The number of rotatable bonds is 46. The van der Waals surface area contributed by atoms with E-state index in [0.29, 0.717) is 26.1 Å². The van der Waals surface area contributed by atoms with Crippen LogP contribution < -0.4 is 0 Å². The predicted molar refractivity (Wildman–Crippen MR) is 242 cm³/mol. The third-order valence-electron chi connectivity index (χ3n) is 11.0. The predicted octanol–water partition coefficient (Wildman–Crippen LogP) is 16.5. The summed E-state index contributed by atoms with van der Waals surface area (Å²) in [4.78, 5) is 25.3. The number of carbonyl (C=O) groups is 2. The van der Waals surface area contributed by atoms with Crippen molar-refractivity contribution in [3.05, 3.63) is 24.3 Å². The number of hydrogen-bond acceptors (Lipinski definition) is 5. The number of ether oxygens (including phenoxy) is 3. The van der Waals surface area contributed by atoms with E-state index >= 15 is 0 Å². The number of esters is 2. The molecule has 0 aromatic heterocycles. The molecular weight excluding hydrogens is 693 g/mol. The van der Waals surface area contributed by atoms with Gasteiger partial charge >= 0.3 is 11.9 Å². The van der Waals surface area contributed by atoms with Crippen molar-refractivity contribution in [2.24, 2.45) is 0 Å². The summed E-state index contributed by atoms with van der Waals surface area (Å²) in [5.41, 5.74) is 0. The quantitative estimate of drug-likeness (QED) is 0.0349. The van der Waals surface area contributed by atoms with Crippen molar-refractivity contribution >= 4 is 11.9 Å². The van der Waals surface area contributed by atoms with Crippen LogP contribution in [0.4, 0.5) is 0 Å². The first-order chi connectivity index (χ1) is 27.6. The van der Waals surface area contributed by atoms with Gasteiger partial charge in [0.2, 0.25) is 0 Å². The summed E-state index contributed by atoms with van der Waals surface area (Å²) in [6, 6.07) is 0. The minimum Gasteiger partial charge on any atom is -0.462 e. The highest BCUT2D eigenvalue weighted by Crippen LogP contribution is 2.15. The Kier molecular flexibility index (Phi) is 46.4. The van der Waals surface area contributed by atoms with Crippen molar-refractivity contribution in [2.75, 3.05) is 19.8 Å². The monoisotopic (exact) mass is 789 g/mol. The highest BCUT2D eigenvalue weighted by Gasteiger charge is 2.17. The lowest BCUT2D eigenvalue weighted by Crippen LogP contribution is -2.30. The van der Waals surface area contributed by atoms with Crippen LogP contribution in [0.1, 0.15) is 265 Å². The number of unbranched alkanes of at least 4 members (excludes halogenated alkanes) is 31. The minimum absolute atomic E-state index is 0.0850. The minimum atomic E-state index is -0.532. The van der Waals surface area contributed by atoms with Crippen molar-refractivity contribution in [1.29, 1.82) is 0 Å². The van der Waals surface area contributed by atoms with Crippen LogP contribution in [0, 0.1) is 0 Å². The summed E-state index contributed by atoms with van der Waals surface area (Å²) in [5, 5.41) is 0. The molecular formula is C51H96O5. The molecule has 0 rings (SSSR count). The first kappa shape index (κ1) is 54.4. The Morgan fingerprint density at radius 3 is 1.21 bits per heavy atom. The molecule has 5 heteroatoms. The van der Waals surface area contributed by atoms with Crippen LogP contribution >= 0.6 is 0 Å². The first-order valence-corrected chi connectivity index (χ1v) is 24.9. The van der Waals surface area contributed by atoms with Gasteiger partial charge in [0.15, 0.2) is 6.10 Å². The number of carbonyl (C=O) groups excluding carboxylic acids is 2. The molecule has 0 saturated heterocycles. The lowest BCUT2D eigenvalue weighted by Gasteiger charge is -2.18. The summed E-state index contributed by atoms with van der Waals surface area (Å²) >= 11 is 0. The van der Waals surface area contributed by atoms with Crippen LogP contribution in [0.15, 0.2) is 24.3 Å². The molecule has 1 atom stereocenters. The Hall–Kier alpha value is -1.62. The fraction of sp³-hybridized carbons (Fsp3) is 0.882. The van der Waals surface area contributed by atoms with E-state index in [0.717, 1.165) is 51.4 Å². The largest absolute Gasteiger partial charge is 0.462 e. The summed E-state index contributed by atoms with van der Waals surface area (Å²) in [6.45, 7) is 7.83. The Bertz CT molecular complexity index is 851. The zero-order chi connectivity index (χ0) is 40.7. The van der Waals surface area contributed by atoms with E-state index in [4.69, 9.17) is 14.2 Å². The van der Waals surface area contributed by atoms with Gasteiger partial charge in [0.1, 0.15) is 6.61 Å². The molecule has 0 aliphatic carbocycles. The molecule has 0 N–H and O–H groups in total. The lowest BCUT2D eigenvalue weighted by molar-refractivity contribution is -0.163. The van der Waals surface area contributed by atoms with Gasteiger partial charge in [-0.05, 0) is 51.4 Å². The summed E-state index contributed by atoms with van der Waals surface area (Å²) in [6.07, 6.45) is 54.6. The molecule has 56 heavy (non-hydrogen) atoms. The number of allylic oxidation sites excluding steroid dienone is 4. The van der Waals surface area contributed by atoms with Crippen molar-refractivity contribution in [1.82, 2.24) is 0 Å². The van der Waals surface area contributed by atoms with Crippen LogP contribution in [-0.2, 0) is 23.8 Å². The van der Waals surface area contributed by atoms with Crippen molar-refractivity contribution in [2.45, 2.75) is 271 Å². The van der Waals surface area contributed by atoms with Crippen LogP contribution in [-0.4, -0.2) is 37.9 Å². The molecule has 0 fully saturated rings. The third-order valence-corrected chi connectivity index (χ3v) is 11.0. The highest BCUT2D eigenvalue weighted by atomic mass is 16.6. The average molecular weight is 789 g/mol. The molecule has 330 valence electrons. The molecule has 0 aliphatic heterocycles. The van der Waals surface area contributed by atoms with Crippen molar-refractivity contribution in [3.63, 3.8) is 0 Å². The van der Waals surface area contributed by atoms with Gasteiger partial charge in [0, 0.05) is 19.4 Å². The SMILES string of the molecule is CCCCC/C=C\C/C=C\CCCCCCCC(=O)OCC(COCCCCCCCCCCCC)OC(=O)CCCCCCCCCCCCCCCCC. The van der Waals surface area contributed by atoms with E-state index in [1.165, 1.54) is 180 Å². The molecule has 0 amide bonds. The molecule has 0 radical (unpaired) electrons. The molecule has 5 nitrogen and oxygen atoms in total. The molecule has 0 spiro atoms. The summed E-state index contributed by atoms with van der Waals surface area (Å²) in [5.74, 6) is -0.397. The maximum absolute atomic E-state index is 12.8. The Balaban J connectivity index is 4.21. The normalized spacial score (nSPS) is 12.3. The van der Waals surface area contributed by atoms with E-state index in [1.54, 1.807) is 0 Å². The van der Waals surface area contributed by atoms with Crippen LogP contribution in [0.2, 0.25) is 0 Å². The molecule has 0 aromatic carbocycles. The zero-order valence-electron chi connectivity index (χ0n) is 37.9. The van der Waals surface area contributed by atoms with E-state index < -0.39 is 6.10 Å². The molecule has 0 aliphatic rings. The molecule has 0 aromatic rings.